The molecule has 29 heavy (non-hydrogen) atoms. The highest BCUT2D eigenvalue weighted by Crippen LogP contribution is 2.33. The number of para-hydroxylation sites is 1. The molecule has 3 heterocycles. The zero-order valence-corrected chi connectivity index (χ0v) is 16.2. The van der Waals surface area contributed by atoms with Crippen molar-refractivity contribution >= 4 is 33.3 Å². The summed E-state index contributed by atoms with van der Waals surface area (Å²) in [6.07, 6.45) is 2.80. The van der Waals surface area contributed by atoms with Gasteiger partial charge in [-0.2, -0.15) is 0 Å². The van der Waals surface area contributed by atoms with Gasteiger partial charge in [-0.05, 0) is 19.1 Å². The number of aromatic nitrogens is 4. The van der Waals surface area contributed by atoms with Gasteiger partial charge in [-0.3, -0.25) is 15.1 Å². The molecule has 1 amide bonds. The second kappa shape index (κ2) is 7.32. The largest absolute Gasteiger partial charge is 0.496 e. The van der Waals surface area contributed by atoms with E-state index in [4.69, 9.17) is 9.84 Å². The quantitative estimate of drug-likeness (QED) is 0.520. The molecule has 0 fully saturated rings. The fraction of sp³-hybridized carbons (Fsp3) is 0.105. The Morgan fingerprint density at radius 2 is 2.03 bits per heavy atom. The van der Waals surface area contributed by atoms with E-state index < -0.39 is 11.9 Å². The fourth-order valence-electron chi connectivity index (χ4n) is 2.85. The number of benzene rings is 1. The van der Waals surface area contributed by atoms with Gasteiger partial charge in [0, 0.05) is 23.0 Å². The van der Waals surface area contributed by atoms with Crippen LogP contribution in [0.1, 0.15) is 26.5 Å². The van der Waals surface area contributed by atoms with Crippen LogP contribution in [0.15, 0.2) is 42.7 Å². The number of nitrogens with zero attached hydrogens (tertiary/aromatic N) is 4. The van der Waals surface area contributed by atoms with Crippen molar-refractivity contribution in [3.05, 3.63) is 59.7 Å². The van der Waals surface area contributed by atoms with Crippen LogP contribution in [0.3, 0.4) is 0 Å². The zero-order valence-electron chi connectivity index (χ0n) is 15.4. The second-order valence-electron chi connectivity index (χ2n) is 6.09. The minimum Gasteiger partial charge on any atom is -0.496 e. The fourth-order valence-corrected chi connectivity index (χ4v) is 3.63. The van der Waals surface area contributed by atoms with Crippen LogP contribution in [0.2, 0.25) is 0 Å². The van der Waals surface area contributed by atoms with Gasteiger partial charge in [0.25, 0.3) is 5.91 Å². The normalized spacial score (nSPS) is 10.8. The number of carbonyl (C=O) groups is 2. The highest BCUT2D eigenvalue weighted by atomic mass is 32.1. The van der Waals surface area contributed by atoms with Crippen molar-refractivity contribution in [1.82, 2.24) is 19.6 Å². The number of anilines is 1. The lowest BCUT2D eigenvalue weighted by Gasteiger charge is -2.13. The van der Waals surface area contributed by atoms with Crippen LogP contribution in [0.25, 0.3) is 16.1 Å². The standard InChI is InChI=1S/C19H15N5O4S/c1-10-7-12(11-5-3-4-6-15(11)28-2)13(8-20-10)16(25)22-18-23-24-9-14(17(26)27)21-19(24)29-18/h3-9H,1-2H3,(H,26,27)(H,22,23,25). The van der Waals surface area contributed by atoms with Crippen molar-refractivity contribution in [3.63, 3.8) is 0 Å². The Morgan fingerprint density at radius 1 is 1.24 bits per heavy atom. The van der Waals surface area contributed by atoms with Crippen molar-refractivity contribution in [2.75, 3.05) is 12.4 Å². The van der Waals surface area contributed by atoms with Crippen molar-refractivity contribution in [2.24, 2.45) is 0 Å². The molecule has 4 aromatic rings. The molecular weight excluding hydrogens is 394 g/mol. The van der Waals surface area contributed by atoms with Crippen LogP contribution in [-0.4, -0.2) is 43.7 Å². The molecule has 0 radical (unpaired) electrons. The Labute approximate surface area is 168 Å². The number of aryl methyl sites for hydroxylation is 1. The number of carboxylic acid groups (broad SMARTS) is 1. The van der Waals surface area contributed by atoms with E-state index in [1.165, 1.54) is 16.9 Å². The van der Waals surface area contributed by atoms with Gasteiger partial charge in [-0.1, -0.05) is 29.5 Å². The Morgan fingerprint density at radius 3 is 2.76 bits per heavy atom. The van der Waals surface area contributed by atoms with Crippen LogP contribution in [0, 0.1) is 6.92 Å². The van der Waals surface area contributed by atoms with E-state index in [1.54, 1.807) is 7.11 Å². The summed E-state index contributed by atoms with van der Waals surface area (Å²) >= 11 is 1.07. The zero-order chi connectivity index (χ0) is 20.5. The molecule has 0 unspecified atom stereocenters. The number of methoxy groups -OCH3 is 1. The summed E-state index contributed by atoms with van der Waals surface area (Å²) < 4.78 is 6.75. The predicted molar refractivity (Wildman–Crippen MR) is 107 cm³/mol. The van der Waals surface area contributed by atoms with E-state index in [1.807, 2.05) is 37.3 Å². The molecule has 10 heteroatoms. The van der Waals surface area contributed by atoms with Crippen molar-refractivity contribution in [1.29, 1.82) is 0 Å². The van der Waals surface area contributed by atoms with E-state index in [0.717, 1.165) is 22.6 Å². The van der Waals surface area contributed by atoms with Gasteiger partial charge in [0.2, 0.25) is 10.1 Å². The highest BCUT2D eigenvalue weighted by Gasteiger charge is 2.19. The Balaban J connectivity index is 1.69. The summed E-state index contributed by atoms with van der Waals surface area (Å²) in [5.74, 6) is -0.893. The number of aromatic carboxylic acids is 1. The van der Waals surface area contributed by atoms with Gasteiger partial charge >= 0.3 is 5.97 Å². The van der Waals surface area contributed by atoms with Gasteiger partial charge in [0.15, 0.2) is 5.69 Å². The molecule has 9 nitrogen and oxygen atoms in total. The van der Waals surface area contributed by atoms with E-state index in [-0.39, 0.29) is 5.69 Å². The number of fused-ring (bicyclic) bond motifs is 1. The number of hydrogen-bond donors (Lipinski definition) is 2. The lowest BCUT2D eigenvalue weighted by atomic mass is 9.99. The summed E-state index contributed by atoms with van der Waals surface area (Å²) in [5.41, 5.74) is 2.46. The minimum absolute atomic E-state index is 0.109. The Hall–Kier alpha value is -3.79. The SMILES string of the molecule is COc1ccccc1-c1cc(C)ncc1C(=O)Nc1nn2cc(C(=O)O)nc2s1. The molecule has 0 bridgehead atoms. The predicted octanol–water partition coefficient (Wildman–Crippen LogP) is 3.12. The van der Waals surface area contributed by atoms with E-state index in [9.17, 15) is 9.59 Å². The molecular formula is C19H15N5O4S. The third-order valence-electron chi connectivity index (χ3n) is 4.17. The number of amides is 1. The number of hydrogen-bond acceptors (Lipinski definition) is 7. The number of rotatable bonds is 5. The smallest absolute Gasteiger partial charge is 0.356 e. The minimum atomic E-state index is -1.14. The summed E-state index contributed by atoms with van der Waals surface area (Å²) in [4.78, 5) is 32.5. The molecule has 0 aliphatic heterocycles. The first-order valence-corrected chi connectivity index (χ1v) is 9.29. The number of pyridine rings is 1. The van der Waals surface area contributed by atoms with E-state index >= 15 is 0 Å². The third kappa shape index (κ3) is 3.52. The average molecular weight is 409 g/mol. The third-order valence-corrected chi connectivity index (χ3v) is 5.00. The van der Waals surface area contributed by atoms with Gasteiger partial charge < -0.3 is 9.84 Å². The lowest BCUT2D eigenvalue weighted by molar-refractivity contribution is 0.0691. The molecule has 1 aromatic carbocycles. The molecule has 0 aliphatic carbocycles. The Kier molecular flexibility index (Phi) is 4.69. The number of nitrogens with one attached hydrogen (secondary N) is 1. The first-order valence-electron chi connectivity index (χ1n) is 8.47. The molecule has 0 aliphatic rings. The first-order chi connectivity index (χ1) is 14.0. The van der Waals surface area contributed by atoms with Gasteiger partial charge in [0.1, 0.15) is 5.75 Å². The maximum Gasteiger partial charge on any atom is 0.356 e. The van der Waals surface area contributed by atoms with Crippen LogP contribution < -0.4 is 10.1 Å². The highest BCUT2D eigenvalue weighted by molar-refractivity contribution is 7.20. The molecule has 3 aromatic heterocycles. The number of carboxylic acids is 1. The molecule has 0 atom stereocenters. The first kappa shape index (κ1) is 18.6. The van der Waals surface area contributed by atoms with Crippen LogP contribution in [0.5, 0.6) is 5.75 Å². The Bertz CT molecular complexity index is 1220. The van der Waals surface area contributed by atoms with E-state index in [0.29, 0.717) is 27.0 Å². The van der Waals surface area contributed by atoms with Gasteiger partial charge in [0.05, 0.1) is 18.9 Å². The molecule has 0 spiro atoms. The van der Waals surface area contributed by atoms with Crippen molar-refractivity contribution < 1.29 is 19.4 Å². The molecule has 0 saturated carbocycles. The van der Waals surface area contributed by atoms with Crippen molar-refractivity contribution in [3.8, 4) is 16.9 Å². The van der Waals surface area contributed by atoms with Crippen LogP contribution in [0.4, 0.5) is 5.13 Å². The number of imidazole rings is 1. The van der Waals surface area contributed by atoms with Crippen molar-refractivity contribution in [2.45, 2.75) is 6.92 Å². The maximum atomic E-state index is 12.9. The summed E-state index contributed by atoms with van der Waals surface area (Å²) in [6, 6.07) is 9.23. The molecule has 0 saturated heterocycles. The van der Waals surface area contributed by atoms with Crippen LogP contribution >= 0.6 is 11.3 Å². The molecule has 2 N–H and O–H groups in total. The topological polar surface area (TPSA) is 119 Å². The molecule has 4 rings (SSSR count). The van der Waals surface area contributed by atoms with E-state index in [2.05, 4.69) is 20.4 Å². The van der Waals surface area contributed by atoms with Crippen LogP contribution in [-0.2, 0) is 0 Å². The van der Waals surface area contributed by atoms with Gasteiger partial charge in [-0.25, -0.2) is 14.3 Å². The number of ether oxygens (including phenoxy) is 1. The second-order valence-corrected chi connectivity index (χ2v) is 7.05. The average Bonchev–Trinajstić information content (AvgIpc) is 3.26. The molecule has 146 valence electrons. The van der Waals surface area contributed by atoms with Gasteiger partial charge in [-0.15, -0.1) is 5.10 Å². The maximum absolute atomic E-state index is 12.9. The summed E-state index contributed by atoms with van der Waals surface area (Å²) in [6.45, 7) is 1.84. The monoisotopic (exact) mass is 409 g/mol. The summed E-state index contributed by atoms with van der Waals surface area (Å²) in [7, 11) is 1.57. The lowest BCUT2D eigenvalue weighted by Crippen LogP contribution is -2.14. The number of carbonyl (C=O) groups excluding carboxylic acids is 1. The summed E-state index contributed by atoms with van der Waals surface area (Å²) in [5, 5.41) is 16.2.